The van der Waals surface area contributed by atoms with E-state index in [4.69, 9.17) is 9.73 Å². The summed E-state index contributed by atoms with van der Waals surface area (Å²) in [6.45, 7) is 4.12. The molecule has 0 aliphatic carbocycles. The number of hydrogen-bond donors (Lipinski definition) is 3. The Morgan fingerprint density at radius 2 is 1.72 bits per heavy atom. The Morgan fingerprint density at radius 3 is 2.28 bits per heavy atom. The van der Waals surface area contributed by atoms with Gasteiger partial charge in [0.05, 0.1) is 26.3 Å². The summed E-state index contributed by atoms with van der Waals surface area (Å²) in [6.07, 6.45) is 0. The maximum Gasteiger partial charge on any atom is 0.191 e. The van der Waals surface area contributed by atoms with Crippen molar-refractivity contribution in [1.29, 1.82) is 0 Å². The molecular weight excluding hydrogens is 364 g/mol. The molecule has 0 bridgehead atoms. The highest BCUT2D eigenvalue weighted by Gasteiger charge is 2.15. The van der Waals surface area contributed by atoms with Crippen LogP contribution in [0.5, 0.6) is 5.75 Å². The van der Waals surface area contributed by atoms with E-state index in [1.807, 2.05) is 49.4 Å². The van der Waals surface area contributed by atoms with E-state index in [1.54, 1.807) is 7.11 Å². The van der Waals surface area contributed by atoms with Gasteiger partial charge in [-0.25, -0.2) is 0 Å². The predicted molar refractivity (Wildman–Crippen MR) is 120 cm³/mol. The number of hydrogen-bond acceptors (Lipinski definition) is 4. The quantitative estimate of drug-likeness (QED) is 0.424. The fraction of sp³-hybridized carbons (Fsp3) is 0.435. The molecule has 0 aliphatic heterocycles. The van der Waals surface area contributed by atoms with E-state index in [0.717, 1.165) is 23.8 Å². The van der Waals surface area contributed by atoms with Crippen LogP contribution in [0.1, 0.15) is 30.0 Å². The second-order valence-corrected chi connectivity index (χ2v) is 7.14. The van der Waals surface area contributed by atoms with Crippen LogP contribution in [0.4, 0.5) is 0 Å². The zero-order chi connectivity index (χ0) is 21.1. The lowest BCUT2D eigenvalue weighted by Crippen LogP contribution is -2.42. The molecule has 0 radical (unpaired) electrons. The van der Waals surface area contributed by atoms with E-state index >= 15 is 0 Å². The van der Waals surface area contributed by atoms with E-state index in [9.17, 15) is 5.11 Å². The highest BCUT2D eigenvalue weighted by molar-refractivity contribution is 5.79. The van der Waals surface area contributed by atoms with Crippen LogP contribution in [-0.4, -0.2) is 63.4 Å². The van der Waals surface area contributed by atoms with E-state index in [0.29, 0.717) is 13.1 Å². The van der Waals surface area contributed by atoms with Gasteiger partial charge in [-0.1, -0.05) is 42.5 Å². The first-order valence-electron chi connectivity index (χ1n) is 10.1. The summed E-state index contributed by atoms with van der Waals surface area (Å²) in [4.78, 5) is 6.89. The van der Waals surface area contributed by atoms with Gasteiger partial charge in [-0.2, -0.15) is 0 Å². The lowest BCUT2D eigenvalue weighted by atomic mass is 10.0. The van der Waals surface area contributed by atoms with Gasteiger partial charge in [0.1, 0.15) is 5.75 Å². The molecule has 2 rings (SSSR count). The summed E-state index contributed by atoms with van der Waals surface area (Å²) in [5.74, 6) is 1.59. The summed E-state index contributed by atoms with van der Waals surface area (Å²) >= 11 is 0. The van der Waals surface area contributed by atoms with Gasteiger partial charge in [-0.15, -0.1) is 0 Å². The van der Waals surface area contributed by atoms with Crippen molar-refractivity contribution in [2.75, 3.05) is 47.4 Å². The molecule has 0 spiro atoms. The first kappa shape index (κ1) is 22.7. The van der Waals surface area contributed by atoms with Gasteiger partial charge in [0, 0.05) is 19.0 Å². The SMILES string of the molecule is CCNC(=NCC(CO)c1ccccc1)NCC(c1ccc(OC)cc1)N(C)C. The Kier molecular flexibility index (Phi) is 9.47. The number of nitrogens with one attached hydrogen (secondary N) is 2. The molecule has 6 nitrogen and oxygen atoms in total. The molecule has 0 heterocycles. The van der Waals surface area contributed by atoms with Gasteiger partial charge in [0.15, 0.2) is 5.96 Å². The fourth-order valence-corrected chi connectivity index (χ4v) is 3.15. The number of ether oxygens (including phenoxy) is 1. The maximum absolute atomic E-state index is 9.78. The first-order valence-corrected chi connectivity index (χ1v) is 10.1. The third kappa shape index (κ3) is 7.07. The number of aliphatic hydroxyl groups excluding tert-OH is 1. The average molecular weight is 399 g/mol. The molecule has 0 saturated carbocycles. The zero-order valence-corrected chi connectivity index (χ0v) is 17.9. The van der Waals surface area contributed by atoms with E-state index in [1.165, 1.54) is 5.56 Å². The third-order valence-electron chi connectivity index (χ3n) is 4.89. The van der Waals surface area contributed by atoms with Crippen LogP contribution < -0.4 is 15.4 Å². The van der Waals surface area contributed by atoms with Crippen LogP contribution in [0.15, 0.2) is 59.6 Å². The van der Waals surface area contributed by atoms with Gasteiger partial charge in [0.25, 0.3) is 0 Å². The molecule has 3 N–H and O–H groups in total. The molecule has 29 heavy (non-hydrogen) atoms. The standard InChI is InChI=1S/C23H34N4O2/c1-5-24-23(25-15-20(17-28)18-9-7-6-8-10-18)26-16-22(27(2)3)19-11-13-21(29-4)14-12-19/h6-14,20,22,28H,5,15-17H2,1-4H3,(H2,24,25,26). The Balaban J connectivity index is 2.05. The smallest absolute Gasteiger partial charge is 0.191 e. The van der Waals surface area contributed by atoms with Crippen LogP contribution in [0, 0.1) is 0 Å². The topological polar surface area (TPSA) is 69.1 Å². The Bertz CT molecular complexity index is 732. The Hall–Kier alpha value is -2.57. The zero-order valence-electron chi connectivity index (χ0n) is 17.9. The summed E-state index contributed by atoms with van der Waals surface area (Å²) < 4.78 is 5.26. The Morgan fingerprint density at radius 1 is 1.03 bits per heavy atom. The number of rotatable bonds is 10. The van der Waals surface area contributed by atoms with E-state index in [-0.39, 0.29) is 18.6 Å². The van der Waals surface area contributed by atoms with Gasteiger partial charge in [0.2, 0.25) is 0 Å². The summed E-state index contributed by atoms with van der Waals surface area (Å²) in [5.41, 5.74) is 2.30. The summed E-state index contributed by atoms with van der Waals surface area (Å²) in [6, 6.07) is 18.3. The lowest BCUT2D eigenvalue weighted by Gasteiger charge is -2.26. The summed E-state index contributed by atoms with van der Waals surface area (Å²) in [5, 5.41) is 16.5. The van der Waals surface area contributed by atoms with Crippen LogP contribution in [-0.2, 0) is 0 Å². The van der Waals surface area contributed by atoms with Gasteiger partial charge >= 0.3 is 0 Å². The van der Waals surface area contributed by atoms with Gasteiger partial charge in [-0.05, 0) is 44.3 Å². The molecule has 0 saturated heterocycles. The number of likely N-dealkylation sites (N-methyl/N-ethyl adjacent to an activating group) is 1. The van der Waals surface area contributed by atoms with Crippen molar-refractivity contribution >= 4 is 5.96 Å². The monoisotopic (exact) mass is 398 g/mol. The van der Waals surface area contributed by atoms with Crippen LogP contribution >= 0.6 is 0 Å². The molecule has 0 aromatic heterocycles. The number of methoxy groups -OCH3 is 1. The van der Waals surface area contributed by atoms with Crippen molar-refractivity contribution in [2.24, 2.45) is 4.99 Å². The van der Waals surface area contributed by atoms with E-state index < -0.39 is 0 Å². The lowest BCUT2D eigenvalue weighted by molar-refractivity contribution is 0.268. The Labute approximate surface area is 174 Å². The molecule has 6 heteroatoms. The number of guanidine groups is 1. The number of benzene rings is 2. The van der Waals surface area contributed by atoms with Gasteiger partial charge < -0.3 is 25.4 Å². The molecule has 158 valence electrons. The fourth-order valence-electron chi connectivity index (χ4n) is 3.15. The second kappa shape index (κ2) is 12.1. The number of aliphatic hydroxyl groups is 1. The molecule has 2 aromatic carbocycles. The van der Waals surface area contributed by atoms with Crippen molar-refractivity contribution in [1.82, 2.24) is 15.5 Å². The van der Waals surface area contributed by atoms with Crippen LogP contribution in [0.2, 0.25) is 0 Å². The molecular formula is C23H34N4O2. The second-order valence-electron chi connectivity index (χ2n) is 7.14. The van der Waals surface area contributed by atoms with E-state index in [2.05, 4.69) is 41.8 Å². The van der Waals surface area contributed by atoms with Gasteiger partial charge in [-0.3, -0.25) is 4.99 Å². The van der Waals surface area contributed by atoms with Crippen molar-refractivity contribution < 1.29 is 9.84 Å². The predicted octanol–water partition coefficient (Wildman–Crippen LogP) is 2.63. The molecule has 2 unspecified atom stereocenters. The minimum Gasteiger partial charge on any atom is -0.497 e. The number of nitrogens with zero attached hydrogens (tertiary/aromatic N) is 2. The minimum absolute atomic E-state index is 0.0158. The number of aliphatic imine (C=N–C) groups is 1. The maximum atomic E-state index is 9.78. The molecule has 2 aromatic rings. The van der Waals surface area contributed by atoms with Crippen molar-refractivity contribution in [3.63, 3.8) is 0 Å². The third-order valence-corrected chi connectivity index (χ3v) is 4.89. The van der Waals surface area contributed by atoms with Crippen LogP contribution in [0.25, 0.3) is 0 Å². The van der Waals surface area contributed by atoms with Crippen molar-refractivity contribution in [3.05, 3.63) is 65.7 Å². The molecule has 0 aliphatic rings. The van der Waals surface area contributed by atoms with Crippen molar-refractivity contribution in [2.45, 2.75) is 18.9 Å². The summed E-state index contributed by atoms with van der Waals surface area (Å²) in [7, 11) is 5.81. The highest BCUT2D eigenvalue weighted by Crippen LogP contribution is 2.21. The average Bonchev–Trinajstić information content (AvgIpc) is 2.75. The van der Waals surface area contributed by atoms with Crippen molar-refractivity contribution in [3.8, 4) is 5.75 Å². The minimum atomic E-state index is -0.0158. The largest absolute Gasteiger partial charge is 0.497 e. The highest BCUT2D eigenvalue weighted by atomic mass is 16.5. The molecule has 0 amide bonds. The molecule has 0 fully saturated rings. The first-order chi connectivity index (χ1) is 14.1. The normalized spacial score (nSPS) is 13.8. The molecule has 2 atom stereocenters. The van der Waals surface area contributed by atoms with Crippen LogP contribution in [0.3, 0.4) is 0 Å².